The molecule has 1 aliphatic carbocycles. The summed E-state index contributed by atoms with van der Waals surface area (Å²) in [5.41, 5.74) is 1.56. The van der Waals surface area contributed by atoms with Crippen molar-refractivity contribution in [2.45, 2.75) is 38.5 Å². The first-order valence-electron chi connectivity index (χ1n) is 6.86. The molecule has 0 radical (unpaired) electrons. The highest BCUT2D eigenvalue weighted by atomic mass is 32.1. The molecule has 1 aromatic rings. The second-order valence-electron chi connectivity index (χ2n) is 4.88. The van der Waals surface area contributed by atoms with E-state index in [2.05, 4.69) is 11.4 Å². The molecule has 2 rings (SSSR count). The van der Waals surface area contributed by atoms with Crippen LogP contribution in [-0.4, -0.2) is 11.9 Å². The molecule has 1 amide bonds. The smallest absolute Gasteiger partial charge is 0.249 e. The molecule has 5 nitrogen and oxygen atoms in total. The molecule has 6 heteroatoms. The lowest BCUT2D eigenvalue weighted by Crippen LogP contribution is -2.20. The van der Waals surface area contributed by atoms with E-state index < -0.39 is 11.9 Å². The number of hydrogen-bond donors (Lipinski definition) is 1. The van der Waals surface area contributed by atoms with E-state index in [1.54, 1.807) is 0 Å². The van der Waals surface area contributed by atoms with E-state index in [1.165, 1.54) is 17.8 Å². The summed E-state index contributed by atoms with van der Waals surface area (Å²) in [5.74, 6) is -1.99. The van der Waals surface area contributed by atoms with Crippen LogP contribution in [0.3, 0.4) is 0 Å². The lowest BCUT2D eigenvalue weighted by molar-refractivity contribution is -0.297. The van der Waals surface area contributed by atoms with Gasteiger partial charge in [0.25, 0.3) is 0 Å². The number of nitrogens with one attached hydrogen (secondary N) is 1. The van der Waals surface area contributed by atoms with E-state index in [-0.39, 0.29) is 0 Å². The monoisotopic (exact) mass is 303 g/mol. The van der Waals surface area contributed by atoms with Crippen LogP contribution in [0.25, 0.3) is 0 Å². The minimum absolute atomic E-state index is 0.511. The van der Waals surface area contributed by atoms with Gasteiger partial charge in [0.2, 0.25) is 5.91 Å². The topological polar surface area (TPSA) is 93.0 Å². The van der Waals surface area contributed by atoms with Gasteiger partial charge in [0, 0.05) is 11.0 Å². The molecule has 1 heterocycles. The van der Waals surface area contributed by atoms with Crippen molar-refractivity contribution in [1.29, 1.82) is 5.26 Å². The largest absolute Gasteiger partial charge is 0.545 e. The number of carbonyl (C=O) groups is 2. The molecule has 0 saturated carbocycles. The van der Waals surface area contributed by atoms with Gasteiger partial charge in [0.15, 0.2) is 0 Å². The Morgan fingerprint density at radius 1 is 1.19 bits per heavy atom. The van der Waals surface area contributed by atoms with Gasteiger partial charge in [-0.1, -0.05) is 12.8 Å². The first-order chi connectivity index (χ1) is 10.1. The molecule has 0 aliphatic heterocycles. The molecule has 21 heavy (non-hydrogen) atoms. The lowest BCUT2D eigenvalue weighted by Gasteiger charge is -2.08. The molecule has 0 bridgehead atoms. The van der Waals surface area contributed by atoms with Crippen LogP contribution in [0, 0.1) is 11.3 Å². The number of aliphatic carboxylic acids is 1. The highest BCUT2D eigenvalue weighted by molar-refractivity contribution is 7.16. The fraction of sp³-hybridized carbons (Fsp3) is 0.400. The molecule has 0 fully saturated rings. The molecule has 0 saturated heterocycles. The van der Waals surface area contributed by atoms with Crippen LogP contribution in [0.5, 0.6) is 0 Å². The molecule has 0 atom stereocenters. The second kappa shape index (κ2) is 7.04. The minimum atomic E-state index is -1.43. The maximum atomic E-state index is 11.6. The van der Waals surface area contributed by atoms with Crippen LogP contribution in [-0.2, 0) is 22.4 Å². The summed E-state index contributed by atoms with van der Waals surface area (Å²) in [7, 11) is 0. The summed E-state index contributed by atoms with van der Waals surface area (Å²) in [4.78, 5) is 23.1. The predicted molar refractivity (Wildman–Crippen MR) is 77.7 cm³/mol. The van der Waals surface area contributed by atoms with E-state index in [0.29, 0.717) is 16.6 Å². The van der Waals surface area contributed by atoms with Crippen LogP contribution in [0.4, 0.5) is 5.00 Å². The van der Waals surface area contributed by atoms with Crippen molar-refractivity contribution in [3.63, 3.8) is 0 Å². The van der Waals surface area contributed by atoms with E-state index in [1.807, 2.05) is 0 Å². The average molecular weight is 303 g/mol. The van der Waals surface area contributed by atoms with Crippen LogP contribution >= 0.6 is 11.3 Å². The highest BCUT2D eigenvalue weighted by Crippen LogP contribution is 2.36. The molecule has 0 unspecified atom stereocenters. The Bertz CT molecular complexity index is 626. The van der Waals surface area contributed by atoms with Crippen molar-refractivity contribution >= 4 is 28.2 Å². The average Bonchev–Trinajstić information content (AvgIpc) is 2.72. The van der Waals surface area contributed by atoms with Gasteiger partial charge < -0.3 is 15.2 Å². The van der Waals surface area contributed by atoms with Crippen molar-refractivity contribution in [2.24, 2.45) is 0 Å². The Kier molecular flexibility index (Phi) is 5.12. The fourth-order valence-corrected chi connectivity index (χ4v) is 3.67. The quantitative estimate of drug-likeness (QED) is 0.857. The van der Waals surface area contributed by atoms with Gasteiger partial charge in [0.05, 0.1) is 11.5 Å². The standard InChI is InChI=1S/C15H16N2O3S/c16-9-11-10-5-3-1-2-4-6-12(10)21-15(11)17-13(18)7-8-14(19)20/h7-8H,1-6H2,(H,17,18)(H,19,20)/p-1/b8-7+. The van der Waals surface area contributed by atoms with Crippen molar-refractivity contribution < 1.29 is 14.7 Å². The number of carbonyl (C=O) groups excluding carboxylic acids is 2. The summed E-state index contributed by atoms with van der Waals surface area (Å²) < 4.78 is 0. The fourth-order valence-electron chi connectivity index (χ4n) is 2.42. The van der Waals surface area contributed by atoms with Crippen molar-refractivity contribution in [2.75, 3.05) is 5.32 Å². The molecule has 1 aromatic heterocycles. The number of thiophene rings is 1. The van der Waals surface area contributed by atoms with Crippen LogP contribution < -0.4 is 10.4 Å². The molecule has 110 valence electrons. The highest BCUT2D eigenvalue weighted by Gasteiger charge is 2.19. The summed E-state index contributed by atoms with van der Waals surface area (Å²) in [6, 6.07) is 2.17. The van der Waals surface area contributed by atoms with Crippen molar-refractivity contribution in [1.82, 2.24) is 0 Å². The Balaban J connectivity index is 2.24. The zero-order valence-electron chi connectivity index (χ0n) is 11.5. The maximum Gasteiger partial charge on any atom is 0.249 e. The zero-order valence-corrected chi connectivity index (χ0v) is 12.3. The van der Waals surface area contributed by atoms with Crippen LogP contribution in [0.15, 0.2) is 12.2 Å². The Labute approximate surface area is 126 Å². The number of amides is 1. The summed E-state index contributed by atoms with van der Waals surface area (Å²) in [5, 5.41) is 22.7. The first kappa shape index (κ1) is 15.3. The van der Waals surface area contributed by atoms with E-state index >= 15 is 0 Å². The molecule has 1 aliphatic rings. The predicted octanol–water partition coefficient (Wildman–Crippen LogP) is 1.52. The maximum absolute atomic E-state index is 11.6. The summed E-state index contributed by atoms with van der Waals surface area (Å²) in [6.07, 6.45) is 7.86. The van der Waals surface area contributed by atoms with E-state index in [0.717, 1.165) is 48.6 Å². The normalized spacial score (nSPS) is 14.8. The minimum Gasteiger partial charge on any atom is -0.545 e. The Hall–Kier alpha value is -2.13. The third-order valence-corrected chi connectivity index (χ3v) is 4.60. The van der Waals surface area contributed by atoms with Gasteiger partial charge in [-0.15, -0.1) is 11.3 Å². The molecular weight excluding hydrogens is 288 g/mol. The van der Waals surface area contributed by atoms with Crippen LogP contribution in [0.1, 0.15) is 41.7 Å². The third kappa shape index (κ3) is 3.92. The van der Waals surface area contributed by atoms with Crippen molar-refractivity contribution in [3.8, 4) is 6.07 Å². The van der Waals surface area contributed by atoms with Gasteiger partial charge in [0.1, 0.15) is 11.1 Å². The number of fused-ring (bicyclic) bond motifs is 1. The molecule has 0 aromatic carbocycles. The number of carboxylic acids is 1. The first-order valence-corrected chi connectivity index (χ1v) is 7.68. The Morgan fingerprint density at radius 2 is 1.90 bits per heavy atom. The molecule has 0 spiro atoms. The van der Waals surface area contributed by atoms with Gasteiger partial charge in [-0.25, -0.2) is 0 Å². The number of rotatable bonds is 3. The summed E-state index contributed by atoms with van der Waals surface area (Å²) in [6.45, 7) is 0. The molecule has 1 N–H and O–H groups in total. The lowest BCUT2D eigenvalue weighted by atomic mass is 9.97. The number of carboxylic acid groups (broad SMARTS) is 1. The summed E-state index contributed by atoms with van der Waals surface area (Å²) >= 11 is 1.42. The van der Waals surface area contributed by atoms with Gasteiger partial charge in [-0.3, -0.25) is 4.79 Å². The number of nitriles is 1. The van der Waals surface area contributed by atoms with E-state index in [4.69, 9.17) is 0 Å². The van der Waals surface area contributed by atoms with E-state index in [9.17, 15) is 20.0 Å². The number of anilines is 1. The number of hydrogen-bond acceptors (Lipinski definition) is 5. The molecular formula is C15H15N2O3S-. The number of nitrogens with zero attached hydrogens (tertiary/aromatic N) is 1. The van der Waals surface area contributed by atoms with Gasteiger partial charge >= 0.3 is 0 Å². The Morgan fingerprint density at radius 3 is 2.57 bits per heavy atom. The SMILES string of the molecule is N#Cc1c(NC(=O)/C=C/C(=O)[O-])sc2c1CCCCCC2. The zero-order chi connectivity index (χ0) is 15.2. The third-order valence-electron chi connectivity index (χ3n) is 3.39. The van der Waals surface area contributed by atoms with Crippen molar-refractivity contribution in [3.05, 3.63) is 28.2 Å². The van der Waals surface area contributed by atoms with Gasteiger partial charge in [-0.05, 0) is 37.3 Å². The number of aryl methyl sites for hydroxylation is 1. The van der Waals surface area contributed by atoms with Gasteiger partial charge in [-0.2, -0.15) is 5.26 Å². The second-order valence-corrected chi connectivity index (χ2v) is 5.98. The van der Waals surface area contributed by atoms with Crippen LogP contribution in [0.2, 0.25) is 0 Å².